The maximum Gasteiger partial charge on any atom is 0.0540 e. The van der Waals surface area contributed by atoms with Crippen molar-refractivity contribution in [1.82, 2.24) is 15.1 Å². The van der Waals surface area contributed by atoms with Crippen molar-refractivity contribution in [2.45, 2.75) is 39.3 Å². The molecule has 2 rings (SSSR count). The van der Waals surface area contributed by atoms with Crippen LogP contribution in [0.2, 0.25) is 0 Å². The molecule has 0 spiro atoms. The van der Waals surface area contributed by atoms with Crippen molar-refractivity contribution >= 4 is 0 Å². The van der Waals surface area contributed by atoms with Crippen molar-refractivity contribution in [3.05, 3.63) is 17.5 Å². The van der Waals surface area contributed by atoms with Gasteiger partial charge in [0.15, 0.2) is 0 Å². The monoisotopic (exact) mass is 237 g/mol. The van der Waals surface area contributed by atoms with Gasteiger partial charge in [-0.3, -0.25) is 4.68 Å². The average molecular weight is 237 g/mol. The second kappa shape index (κ2) is 5.19. The second-order valence-electron chi connectivity index (χ2n) is 5.11. The summed E-state index contributed by atoms with van der Waals surface area (Å²) in [6.45, 7) is 8.38. The molecule has 1 aliphatic heterocycles. The fourth-order valence-electron chi connectivity index (χ4n) is 2.51. The zero-order valence-electron chi connectivity index (χ0n) is 11.2. The van der Waals surface area contributed by atoms with Crippen molar-refractivity contribution in [1.29, 1.82) is 0 Å². The van der Waals surface area contributed by atoms with Gasteiger partial charge in [-0.1, -0.05) is 0 Å². The fourth-order valence-corrected chi connectivity index (χ4v) is 2.51. The van der Waals surface area contributed by atoms with Crippen molar-refractivity contribution in [2.24, 2.45) is 13.0 Å². The van der Waals surface area contributed by atoms with Gasteiger partial charge in [0.05, 0.1) is 12.8 Å². The van der Waals surface area contributed by atoms with Gasteiger partial charge in [0.2, 0.25) is 0 Å². The summed E-state index contributed by atoms with van der Waals surface area (Å²) >= 11 is 0. The van der Waals surface area contributed by atoms with E-state index < -0.39 is 0 Å². The van der Waals surface area contributed by atoms with Crippen molar-refractivity contribution < 1.29 is 4.74 Å². The van der Waals surface area contributed by atoms with Gasteiger partial charge in [0.25, 0.3) is 0 Å². The van der Waals surface area contributed by atoms with Crippen molar-refractivity contribution in [3.63, 3.8) is 0 Å². The van der Waals surface area contributed by atoms with Gasteiger partial charge in [-0.25, -0.2) is 0 Å². The van der Waals surface area contributed by atoms with Gasteiger partial charge in [0, 0.05) is 37.0 Å². The van der Waals surface area contributed by atoms with E-state index in [0.717, 1.165) is 13.2 Å². The summed E-state index contributed by atoms with van der Waals surface area (Å²) < 4.78 is 7.36. The quantitative estimate of drug-likeness (QED) is 0.868. The van der Waals surface area contributed by atoms with E-state index in [4.69, 9.17) is 4.74 Å². The number of aryl methyl sites for hydroxylation is 1. The summed E-state index contributed by atoms with van der Waals surface area (Å²) in [5.74, 6) is 0.648. The van der Waals surface area contributed by atoms with E-state index in [1.54, 1.807) is 0 Å². The summed E-state index contributed by atoms with van der Waals surface area (Å²) in [6.07, 6.45) is 3.14. The zero-order chi connectivity index (χ0) is 12.4. The largest absolute Gasteiger partial charge is 0.381 e. The number of aromatic nitrogens is 2. The lowest BCUT2D eigenvalue weighted by Crippen LogP contribution is -2.35. The summed E-state index contributed by atoms with van der Waals surface area (Å²) in [6, 6.07) is 0.839. The minimum absolute atomic E-state index is 0.347. The van der Waals surface area contributed by atoms with E-state index in [9.17, 15) is 0 Å². The van der Waals surface area contributed by atoms with Crippen LogP contribution in [0.3, 0.4) is 0 Å². The van der Waals surface area contributed by atoms with Gasteiger partial charge in [-0.05, 0) is 33.1 Å². The number of nitrogens with one attached hydrogen (secondary N) is 1. The van der Waals surface area contributed by atoms with E-state index >= 15 is 0 Å². The van der Waals surface area contributed by atoms with Crippen LogP contribution in [0.1, 0.15) is 37.6 Å². The van der Waals surface area contributed by atoms with Gasteiger partial charge in [0.1, 0.15) is 0 Å². The number of hydrogen-bond donors (Lipinski definition) is 1. The number of hydrogen-bond acceptors (Lipinski definition) is 3. The molecule has 1 N–H and O–H groups in total. The molecule has 17 heavy (non-hydrogen) atoms. The van der Waals surface area contributed by atoms with Crippen LogP contribution in [0.15, 0.2) is 6.20 Å². The highest BCUT2D eigenvalue weighted by Crippen LogP contribution is 2.21. The molecule has 4 heteroatoms. The first-order valence-corrected chi connectivity index (χ1v) is 6.42. The normalized spacial score (nSPS) is 23.9. The first-order valence-electron chi connectivity index (χ1n) is 6.42. The van der Waals surface area contributed by atoms with Gasteiger partial charge in [-0.15, -0.1) is 0 Å². The Morgan fingerprint density at radius 3 is 2.82 bits per heavy atom. The van der Waals surface area contributed by atoms with E-state index in [1.165, 1.54) is 17.7 Å². The van der Waals surface area contributed by atoms with Crippen LogP contribution < -0.4 is 5.32 Å². The molecule has 1 aliphatic rings. The highest BCUT2D eigenvalue weighted by Gasteiger charge is 2.24. The highest BCUT2D eigenvalue weighted by atomic mass is 16.5. The molecule has 0 aromatic carbocycles. The summed E-state index contributed by atoms with van der Waals surface area (Å²) in [7, 11) is 1.99. The third-order valence-corrected chi connectivity index (χ3v) is 3.92. The second-order valence-corrected chi connectivity index (χ2v) is 5.11. The molecule has 1 aromatic heterocycles. The summed E-state index contributed by atoms with van der Waals surface area (Å²) in [5, 5.41) is 7.95. The predicted octanol–water partition coefficient (Wildman–Crippen LogP) is 1.80. The summed E-state index contributed by atoms with van der Waals surface area (Å²) in [4.78, 5) is 0. The number of nitrogens with zero attached hydrogens (tertiary/aromatic N) is 2. The first kappa shape index (κ1) is 12.6. The van der Waals surface area contributed by atoms with Crippen LogP contribution in [-0.2, 0) is 11.8 Å². The Balaban J connectivity index is 1.96. The van der Waals surface area contributed by atoms with Gasteiger partial charge >= 0.3 is 0 Å². The molecule has 0 bridgehead atoms. The van der Waals surface area contributed by atoms with E-state index in [0.29, 0.717) is 18.0 Å². The topological polar surface area (TPSA) is 39.1 Å². The zero-order valence-corrected chi connectivity index (χ0v) is 11.2. The Labute approximate surface area is 103 Å². The van der Waals surface area contributed by atoms with Crippen LogP contribution >= 0.6 is 0 Å². The van der Waals surface area contributed by atoms with Crippen molar-refractivity contribution in [3.8, 4) is 0 Å². The maximum absolute atomic E-state index is 5.44. The molecular formula is C13H23N3O. The molecule has 3 unspecified atom stereocenters. The lowest BCUT2D eigenvalue weighted by Gasteiger charge is -2.24. The van der Waals surface area contributed by atoms with Crippen LogP contribution in [0, 0.1) is 12.8 Å². The standard InChI is InChI=1S/C13H23N3O/c1-9(12-5-6-17-8-12)15-10(2)13-7-14-16(4)11(13)3/h7,9-10,12,15H,5-6,8H2,1-4H3. The Morgan fingerprint density at radius 1 is 1.53 bits per heavy atom. The fraction of sp³-hybridized carbons (Fsp3) is 0.769. The molecule has 0 radical (unpaired) electrons. The van der Waals surface area contributed by atoms with Gasteiger partial charge < -0.3 is 10.1 Å². The summed E-state index contributed by atoms with van der Waals surface area (Å²) in [5.41, 5.74) is 2.53. The Bertz CT molecular complexity index is 369. The number of rotatable bonds is 4. The molecular weight excluding hydrogens is 214 g/mol. The molecule has 0 saturated carbocycles. The molecule has 0 aliphatic carbocycles. The molecule has 0 amide bonds. The van der Waals surface area contributed by atoms with E-state index in [2.05, 4.69) is 31.2 Å². The first-order chi connectivity index (χ1) is 8.09. The van der Waals surface area contributed by atoms with Crippen LogP contribution in [0.4, 0.5) is 0 Å². The minimum atomic E-state index is 0.347. The van der Waals surface area contributed by atoms with Crippen LogP contribution in [-0.4, -0.2) is 29.0 Å². The Hall–Kier alpha value is -0.870. The molecule has 3 atom stereocenters. The van der Waals surface area contributed by atoms with E-state index in [1.807, 2.05) is 17.9 Å². The van der Waals surface area contributed by atoms with Gasteiger partial charge in [-0.2, -0.15) is 5.10 Å². The maximum atomic E-state index is 5.44. The Morgan fingerprint density at radius 2 is 2.29 bits per heavy atom. The Kier molecular flexibility index (Phi) is 3.84. The average Bonchev–Trinajstić information content (AvgIpc) is 2.90. The lowest BCUT2D eigenvalue weighted by atomic mass is 9.99. The molecule has 1 saturated heterocycles. The molecule has 1 aromatic rings. The van der Waals surface area contributed by atoms with Crippen LogP contribution in [0.5, 0.6) is 0 Å². The SMILES string of the molecule is Cc1c(C(C)NC(C)C2CCOC2)cnn1C. The molecule has 96 valence electrons. The minimum Gasteiger partial charge on any atom is -0.381 e. The molecule has 2 heterocycles. The molecule has 1 fully saturated rings. The third kappa shape index (κ3) is 2.69. The molecule has 4 nitrogen and oxygen atoms in total. The lowest BCUT2D eigenvalue weighted by molar-refractivity contribution is 0.177. The van der Waals surface area contributed by atoms with E-state index in [-0.39, 0.29) is 0 Å². The van der Waals surface area contributed by atoms with Crippen molar-refractivity contribution in [2.75, 3.05) is 13.2 Å². The highest BCUT2D eigenvalue weighted by molar-refractivity contribution is 5.19. The smallest absolute Gasteiger partial charge is 0.0540 e. The van der Waals surface area contributed by atoms with Crippen LogP contribution in [0.25, 0.3) is 0 Å². The number of ether oxygens (including phenoxy) is 1. The predicted molar refractivity (Wildman–Crippen MR) is 67.9 cm³/mol. The third-order valence-electron chi connectivity index (χ3n) is 3.92.